The van der Waals surface area contributed by atoms with Crippen molar-refractivity contribution < 1.29 is 46.4 Å². The van der Waals surface area contributed by atoms with Gasteiger partial charge in [-0.3, -0.25) is 4.72 Å². The SMILES string of the molecule is CS(=O)(=O)Nc1cc(C[C@H](O)CNC(Cc2ccccc2)c2ccc(OCc3ccccc3)cc2)ccc1O.O=C(O)C(F)(F)F. The summed E-state index contributed by atoms with van der Waals surface area (Å²) < 4.78 is 63.1. The molecule has 4 rings (SSSR count). The molecule has 1 unspecified atom stereocenters. The van der Waals surface area contributed by atoms with Gasteiger partial charge >= 0.3 is 12.1 Å². The van der Waals surface area contributed by atoms with Crippen LogP contribution < -0.4 is 14.8 Å². The first-order valence-electron chi connectivity index (χ1n) is 14.0. The third kappa shape index (κ3) is 12.8. The lowest BCUT2D eigenvalue weighted by Gasteiger charge is -2.22. The number of anilines is 1. The monoisotopic (exact) mass is 660 g/mol. The van der Waals surface area contributed by atoms with Crippen molar-refractivity contribution in [3.05, 3.63) is 125 Å². The van der Waals surface area contributed by atoms with Crippen molar-refractivity contribution in [2.24, 2.45) is 0 Å². The zero-order chi connectivity index (χ0) is 33.7. The molecule has 0 aliphatic carbocycles. The molecule has 46 heavy (non-hydrogen) atoms. The summed E-state index contributed by atoms with van der Waals surface area (Å²) in [4.78, 5) is 8.90. The van der Waals surface area contributed by atoms with E-state index in [2.05, 4.69) is 22.2 Å². The van der Waals surface area contributed by atoms with Crippen molar-refractivity contribution in [3.8, 4) is 11.5 Å². The highest BCUT2D eigenvalue weighted by Crippen LogP contribution is 2.26. The third-order valence-corrected chi connectivity index (χ3v) is 7.07. The highest BCUT2D eigenvalue weighted by molar-refractivity contribution is 7.92. The maximum Gasteiger partial charge on any atom is 0.490 e. The quantitative estimate of drug-likeness (QED) is 0.119. The number of aliphatic hydroxyl groups is 1. The van der Waals surface area contributed by atoms with Gasteiger partial charge < -0.3 is 25.4 Å². The molecular formula is C33H35F3N2O7S. The van der Waals surface area contributed by atoms with Crippen LogP contribution in [0, 0.1) is 0 Å². The second kappa shape index (κ2) is 16.6. The number of phenolic OH excluding ortho intramolecular Hbond substituents is 1. The van der Waals surface area contributed by atoms with Crippen LogP contribution in [0.15, 0.2) is 103 Å². The largest absolute Gasteiger partial charge is 0.506 e. The van der Waals surface area contributed by atoms with Crippen molar-refractivity contribution in [2.45, 2.75) is 37.8 Å². The fraction of sp³-hybridized carbons (Fsp3) is 0.242. The second-order valence-corrected chi connectivity index (χ2v) is 12.1. The molecule has 0 saturated carbocycles. The van der Waals surface area contributed by atoms with Crippen LogP contribution in [-0.2, 0) is 34.3 Å². The predicted octanol–water partition coefficient (Wildman–Crippen LogP) is 5.45. The molecule has 9 nitrogen and oxygen atoms in total. The molecule has 0 radical (unpaired) electrons. The van der Waals surface area contributed by atoms with Crippen LogP contribution >= 0.6 is 0 Å². The van der Waals surface area contributed by atoms with Crippen molar-refractivity contribution in [2.75, 3.05) is 17.5 Å². The Labute approximate surface area is 265 Å². The fourth-order valence-electron chi connectivity index (χ4n) is 4.31. The van der Waals surface area contributed by atoms with Gasteiger partial charge in [0.2, 0.25) is 10.0 Å². The molecule has 0 spiro atoms. The molecule has 0 heterocycles. The highest BCUT2D eigenvalue weighted by Gasteiger charge is 2.38. The standard InChI is InChI=1S/C31H34N2O5S.C2HF3O2/c1-39(36,37)33-30-20-25(12-17-31(30)35)18-27(34)21-32-29(19-23-8-4-2-5-9-23)26-13-15-28(16-14-26)38-22-24-10-6-3-7-11-24;3-2(4,5)1(6)7/h2-17,20,27,29,32-35H,18-19,21-22H2,1H3;(H,6,7)/t27-,29?;/m0./s1. The molecular weight excluding hydrogens is 625 g/mol. The predicted molar refractivity (Wildman–Crippen MR) is 168 cm³/mol. The number of halogens is 3. The summed E-state index contributed by atoms with van der Waals surface area (Å²) in [5, 5.41) is 31.4. The number of phenols is 1. The molecule has 4 aromatic carbocycles. The van der Waals surface area contributed by atoms with E-state index in [9.17, 15) is 31.8 Å². The number of carbonyl (C=O) groups is 1. The maximum absolute atomic E-state index is 11.6. The number of carboxylic acid groups (broad SMARTS) is 1. The molecule has 2 atom stereocenters. The van der Waals surface area contributed by atoms with Crippen molar-refractivity contribution in [1.29, 1.82) is 0 Å². The summed E-state index contributed by atoms with van der Waals surface area (Å²) >= 11 is 0. The van der Waals surface area contributed by atoms with Gasteiger partial charge in [0.25, 0.3) is 0 Å². The van der Waals surface area contributed by atoms with Gasteiger partial charge in [-0.05, 0) is 59.4 Å². The number of benzene rings is 4. The Hall–Kier alpha value is -4.59. The lowest BCUT2D eigenvalue weighted by molar-refractivity contribution is -0.192. The summed E-state index contributed by atoms with van der Waals surface area (Å²) in [6.45, 7) is 0.816. The van der Waals surface area contributed by atoms with Gasteiger partial charge in [-0.2, -0.15) is 13.2 Å². The molecule has 0 fully saturated rings. The molecule has 13 heteroatoms. The van der Waals surface area contributed by atoms with Crippen molar-refractivity contribution in [3.63, 3.8) is 0 Å². The van der Waals surface area contributed by atoms with E-state index in [1.807, 2.05) is 72.8 Å². The molecule has 0 aromatic heterocycles. The number of rotatable bonds is 13. The van der Waals surface area contributed by atoms with E-state index in [0.29, 0.717) is 18.7 Å². The number of hydrogen-bond acceptors (Lipinski definition) is 7. The van der Waals surface area contributed by atoms with E-state index in [0.717, 1.165) is 29.6 Å². The summed E-state index contributed by atoms with van der Waals surface area (Å²) in [5.74, 6) is -2.14. The number of carboxylic acids is 1. The number of alkyl halides is 3. The van der Waals surface area contributed by atoms with E-state index < -0.39 is 28.3 Å². The molecule has 5 N–H and O–H groups in total. The second-order valence-electron chi connectivity index (χ2n) is 10.4. The van der Waals surface area contributed by atoms with Crippen LogP contribution in [0.1, 0.15) is 28.3 Å². The summed E-state index contributed by atoms with van der Waals surface area (Å²) in [5.41, 5.74) is 4.14. The number of aliphatic hydroxyl groups excluding tert-OH is 1. The third-order valence-electron chi connectivity index (χ3n) is 6.48. The molecule has 0 saturated heterocycles. The lowest BCUT2D eigenvalue weighted by atomic mass is 9.98. The topological polar surface area (TPSA) is 145 Å². The Morgan fingerprint density at radius 2 is 1.41 bits per heavy atom. The van der Waals surface area contributed by atoms with E-state index in [1.54, 1.807) is 6.07 Å². The van der Waals surface area contributed by atoms with Gasteiger partial charge in [-0.1, -0.05) is 78.9 Å². The molecule has 4 aromatic rings. The van der Waals surface area contributed by atoms with Crippen LogP contribution in [0.2, 0.25) is 0 Å². The number of aliphatic carboxylic acids is 1. The zero-order valence-corrected chi connectivity index (χ0v) is 25.6. The summed E-state index contributed by atoms with van der Waals surface area (Å²) in [6, 6.07) is 32.7. The van der Waals surface area contributed by atoms with E-state index in [-0.39, 0.29) is 23.9 Å². The molecule has 0 aliphatic heterocycles. The maximum atomic E-state index is 11.6. The van der Waals surface area contributed by atoms with Gasteiger partial charge in [0, 0.05) is 12.6 Å². The Kier molecular flexibility index (Phi) is 13.0. The minimum Gasteiger partial charge on any atom is -0.506 e. The average molecular weight is 661 g/mol. The van der Waals surface area contributed by atoms with Gasteiger partial charge in [0.15, 0.2) is 0 Å². The number of ether oxygens (including phenoxy) is 1. The van der Waals surface area contributed by atoms with E-state index in [1.165, 1.54) is 17.7 Å². The van der Waals surface area contributed by atoms with Crippen LogP contribution in [0.5, 0.6) is 11.5 Å². The van der Waals surface area contributed by atoms with E-state index in [4.69, 9.17) is 14.6 Å². The van der Waals surface area contributed by atoms with Crippen LogP contribution in [0.4, 0.5) is 18.9 Å². The van der Waals surface area contributed by atoms with Gasteiger partial charge in [-0.25, -0.2) is 13.2 Å². The van der Waals surface area contributed by atoms with Gasteiger partial charge in [0.1, 0.15) is 18.1 Å². The average Bonchev–Trinajstić information content (AvgIpc) is 3.00. The molecule has 246 valence electrons. The number of aromatic hydroxyl groups is 1. The molecule has 0 amide bonds. The molecule has 0 bridgehead atoms. The smallest absolute Gasteiger partial charge is 0.490 e. The van der Waals surface area contributed by atoms with Crippen LogP contribution in [0.3, 0.4) is 0 Å². The Morgan fingerprint density at radius 3 is 1.96 bits per heavy atom. The Bertz CT molecular complexity index is 1640. The van der Waals surface area contributed by atoms with Crippen molar-refractivity contribution >= 4 is 21.7 Å². The van der Waals surface area contributed by atoms with E-state index >= 15 is 0 Å². The number of nitrogens with one attached hydrogen (secondary N) is 2. The minimum atomic E-state index is -5.08. The Morgan fingerprint density at radius 1 is 0.848 bits per heavy atom. The van der Waals surface area contributed by atoms with Crippen molar-refractivity contribution in [1.82, 2.24) is 5.32 Å². The van der Waals surface area contributed by atoms with Gasteiger partial charge in [0.05, 0.1) is 18.0 Å². The normalized spacial score (nSPS) is 12.7. The molecule has 0 aliphatic rings. The van der Waals surface area contributed by atoms with Gasteiger partial charge in [-0.15, -0.1) is 0 Å². The summed E-state index contributed by atoms with van der Waals surface area (Å²) in [7, 11) is -3.54. The summed E-state index contributed by atoms with van der Waals surface area (Å²) in [6.07, 6.45) is -3.77. The Balaban J connectivity index is 0.000000738. The number of sulfonamides is 1. The van der Waals surface area contributed by atoms with Crippen LogP contribution in [-0.4, -0.2) is 54.8 Å². The first kappa shape index (κ1) is 35.9. The first-order valence-corrected chi connectivity index (χ1v) is 15.9. The fourth-order valence-corrected chi connectivity index (χ4v) is 4.87. The zero-order valence-electron chi connectivity index (χ0n) is 24.8. The minimum absolute atomic E-state index is 0.0486. The first-order chi connectivity index (χ1) is 21.7. The number of hydrogen-bond donors (Lipinski definition) is 5. The highest BCUT2D eigenvalue weighted by atomic mass is 32.2. The lowest BCUT2D eigenvalue weighted by Crippen LogP contribution is -2.32. The van der Waals surface area contributed by atoms with Crippen LogP contribution in [0.25, 0.3) is 0 Å².